The predicted molar refractivity (Wildman–Crippen MR) is 94.5 cm³/mol. The molecule has 2 aromatic rings. The standard InChI is InChI=1S/C18H21N5O4/c1-11-15(22-10-21-11)17(25)23-8-13(6-14(9-23)18(26)27)16(24)20-7-12-2-4-19-5-3-12/h2-5,10,13-14H,6-9H2,1H3,(H,20,24)(H,21,22)(H,26,27)/t13-,14-/m0/s1. The lowest BCUT2D eigenvalue weighted by Crippen LogP contribution is -2.50. The number of nitrogens with zero attached hydrogens (tertiary/aromatic N) is 3. The highest BCUT2D eigenvalue weighted by Crippen LogP contribution is 2.24. The average Bonchev–Trinajstić information content (AvgIpc) is 3.11. The molecule has 1 aliphatic rings. The van der Waals surface area contributed by atoms with Gasteiger partial charge in [0, 0.05) is 37.7 Å². The van der Waals surface area contributed by atoms with Crippen molar-refractivity contribution in [3.05, 3.63) is 47.8 Å². The quantitative estimate of drug-likeness (QED) is 0.706. The van der Waals surface area contributed by atoms with Crippen molar-refractivity contribution in [3.8, 4) is 0 Å². The number of aliphatic carboxylic acids is 1. The van der Waals surface area contributed by atoms with Gasteiger partial charge < -0.3 is 20.3 Å². The van der Waals surface area contributed by atoms with E-state index in [0.29, 0.717) is 12.2 Å². The number of pyridine rings is 1. The molecule has 2 amide bonds. The highest BCUT2D eigenvalue weighted by Gasteiger charge is 2.37. The van der Waals surface area contributed by atoms with Gasteiger partial charge in [-0.1, -0.05) is 0 Å². The van der Waals surface area contributed by atoms with E-state index in [2.05, 4.69) is 20.3 Å². The van der Waals surface area contributed by atoms with Crippen LogP contribution in [0, 0.1) is 18.8 Å². The fraction of sp³-hybridized carbons (Fsp3) is 0.389. The van der Waals surface area contributed by atoms with E-state index in [9.17, 15) is 19.5 Å². The first-order chi connectivity index (χ1) is 13.0. The Balaban J connectivity index is 1.70. The first-order valence-corrected chi connectivity index (χ1v) is 8.64. The van der Waals surface area contributed by atoms with Crippen LogP contribution in [-0.2, 0) is 16.1 Å². The monoisotopic (exact) mass is 371 g/mol. The van der Waals surface area contributed by atoms with Crippen molar-refractivity contribution >= 4 is 17.8 Å². The van der Waals surface area contributed by atoms with Gasteiger partial charge in [0.1, 0.15) is 5.69 Å². The molecular weight excluding hydrogens is 350 g/mol. The molecule has 3 N–H and O–H groups in total. The molecule has 0 spiro atoms. The summed E-state index contributed by atoms with van der Waals surface area (Å²) < 4.78 is 0. The number of amides is 2. The summed E-state index contributed by atoms with van der Waals surface area (Å²) in [4.78, 5) is 49.0. The Hall–Kier alpha value is -3.23. The molecule has 1 fully saturated rings. The van der Waals surface area contributed by atoms with Crippen LogP contribution < -0.4 is 5.32 Å². The van der Waals surface area contributed by atoms with E-state index in [1.165, 1.54) is 11.2 Å². The van der Waals surface area contributed by atoms with E-state index in [0.717, 1.165) is 5.56 Å². The molecule has 0 aliphatic carbocycles. The Morgan fingerprint density at radius 1 is 1.26 bits per heavy atom. The zero-order chi connectivity index (χ0) is 19.4. The smallest absolute Gasteiger partial charge is 0.308 e. The molecule has 3 rings (SSSR count). The molecule has 0 radical (unpaired) electrons. The van der Waals surface area contributed by atoms with Crippen LogP contribution in [0.2, 0.25) is 0 Å². The molecule has 3 heterocycles. The number of aromatic amines is 1. The van der Waals surface area contributed by atoms with Crippen molar-refractivity contribution in [2.75, 3.05) is 13.1 Å². The highest BCUT2D eigenvalue weighted by molar-refractivity contribution is 5.94. The van der Waals surface area contributed by atoms with Gasteiger partial charge >= 0.3 is 5.97 Å². The third-order valence-corrected chi connectivity index (χ3v) is 4.71. The molecular formula is C18H21N5O4. The fourth-order valence-electron chi connectivity index (χ4n) is 3.19. The highest BCUT2D eigenvalue weighted by atomic mass is 16.4. The van der Waals surface area contributed by atoms with E-state index in [1.54, 1.807) is 31.5 Å². The molecule has 0 bridgehead atoms. The van der Waals surface area contributed by atoms with E-state index in [1.807, 2.05) is 0 Å². The lowest BCUT2D eigenvalue weighted by atomic mass is 9.88. The van der Waals surface area contributed by atoms with Gasteiger partial charge in [0.2, 0.25) is 5.91 Å². The third kappa shape index (κ3) is 4.30. The van der Waals surface area contributed by atoms with Crippen molar-refractivity contribution in [2.24, 2.45) is 11.8 Å². The number of imidazole rings is 1. The summed E-state index contributed by atoms with van der Waals surface area (Å²) >= 11 is 0. The van der Waals surface area contributed by atoms with Crippen LogP contribution in [-0.4, -0.2) is 55.8 Å². The minimum Gasteiger partial charge on any atom is -0.481 e. The number of carbonyl (C=O) groups excluding carboxylic acids is 2. The summed E-state index contributed by atoms with van der Waals surface area (Å²) in [5, 5.41) is 12.2. The number of aryl methyl sites for hydroxylation is 1. The first-order valence-electron chi connectivity index (χ1n) is 8.64. The topological polar surface area (TPSA) is 128 Å². The number of piperidine rings is 1. The SMILES string of the molecule is Cc1[nH]cnc1C(=O)N1C[C@@H](C(=O)O)C[C@H](C(=O)NCc2ccncc2)C1. The molecule has 2 atom stereocenters. The number of aromatic nitrogens is 3. The second kappa shape index (κ2) is 7.98. The van der Waals surface area contributed by atoms with E-state index >= 15 is 0 Å². The van der Waals surface area contributed by atoms with Crippen molar-refractivity contribution < 1.29 is 19.5 Å². The molecule has 0 aromatic carbocycles. The van der Waals surface area contributed by atoms with Gasteiger partial charge in [-0.05, 0) is 31.0 Å². The lowest BCUT2D eigenvalue weighted by molar-refractivity contribution is -0.144. The maximum atomic E-state index is 12.7. The molecule has 1 saturated heterocycles. The Bertz CT molecular complexity index is 835. The fourth-order valence-corrected chi connectivity index (χ4v) is 3.19. The van der Waals surface area contributed by atoms with Gasteiger partial charge in [0.15, 0.2) is 0 Å². The Labute approximate surface area is 155 Å². The maximum Gasteiger partial charge on any atom is 0.308 e. The Morgan fingerprint density at radius 3 is 2.59 bits per heavy atom. The van der Waals surface area contributed by atoms with Crippen LogP contribution in [0.3, 0.4) is 0 Å². The molecule has 142 valence electrons. The maximum absolute atomic E-state index is 12.7. The molecule has 9 nitrogen and oxygen atoms in total. The number of hydrogen-bond acceptors (Lipinski definition) is 5. The number of rotatable bonds is 5. The van der Waals surface area contributed by atoms with Gasteiger partial charge in [0.05, 0.1) is 18.2 Å². The van der Waals surface area contributed by atoms with E-state index in [-0.39, 0.29) is 37.0 Å². The number of carboxylic acid groups (broad SMARTS) is 1. The number of H-pyrrole nitrogens is 1. The molecule has 9 heteroatoms. The van der Waals surface area contributed by atoms with Gasteiger partial charge in [0.25, 0.3) is 5.91 Å². The number of likely N-dealkylation sites (tertiary alicyclic amines) is 1. The van der Waals surface area contributed by atoms with E-state index < -0.39 is 17.8 Å². The summed E-state index contributed by atoms with van der Waals surface area (Å²) in [7, 11) is 0. The summed E-state index contributed by atoms with van der Waals surface area (Å²) in [6, 6.07) is 3.58. The largest absolute Gasteiger partial charge is 0.481 e. The molecule has 0 saturated carbocycles. The van der Waals surface area contributed by atoms with Gasteiger partial charge in [-0.15, -0.1) is 0 Å². The Kier molecular flexibility index (Phi) is 5.49. The normalized spacial score (nSPS) is 19.5. The summed E-state index contributed by atoms with van der Waals surface area (Å²) in [5.74, 6) is -3.04. The second-order valence-corrected chi connectivity index (χ2v) is 6.63. The van der Waals surface area contributed by atoms with Crippen molar-refractivity contribution in [2.45, 2.75) is 19.9 Å². The number of carbonyl (C=O) groups is 3. The lowest BCUT2D eigenvalue weighted by Gasteiger charge is -2.35. The molecule has 0 unspecified atom stereocenters. The third-order valence-electron chi connectivity index (χ3n) is 4.71. The van der Waals surface area contributed by atoms with Crippen molar-refractivity contribution in [1.29, 1.82) is 0 Å². The first kappa shape index (κ1) is 18.6. The van der Waals surface area contributed by atoms with Gasteiger partial charge in [-0.25, -0.2) is 4.98 Å². The van der Waals surface area contributed by atoms with Crippen LogP contribution >= 0.6 is 0 Å². The number of hydrogen-bond donors (Lipinski definition) is 3. The summed E-state index contributed by atoms with van der Waals surface area (Å²) in [6.07, 6.45) is 4.88. The second-order valence-electron chi connectivity index (χ2n) is 6.63. The predicted octanol–water partition coefficient (Wildman–Crippen LogP) is 0.592. The van der Waals surface area contributed by atoms with Gasteiger partial charge in [-0.2, -0.15) is 0 Å². The number of nitrogens with one attached hydrogen (secondary N) is 2. The zero-order valence-corrected chi connectivity index (χ0v) is 14.9. The van der Waals surface area contributed by atoms with Crippen LogP contribution in [0.15, 0.2) is 30.9 Å². The molecule has 1 aliphatic heterocycles. The van der Waals surface area contributed by atoms with Crippen molar-refractivity contribution in [1.82, 2.24) is 25.2 Å². The summed E-state index contributed by atoms with van der Waals surface area (Å²) in [6.45, 7) is 2.27. The minimum atomic E-state index is -1.02. The molecule has 27 heavy (non-hydrogen) atoms. The minimum absolute atomic E-state index is 0.0641. The van der Waals surface area contributed by atoms with Crippen LogP contribution in [0.1, 0.15) is 28.2 Å². The molecule has 2 aromatic heterocycles. The zero-order valence-electron chi connectivity index (χ0n) is 14.9. The van der Waals surface area contributed by atoms with Crippen molar-refractivity contribution in [3.63, 3.8) is 0 Å². The Morgan fingerprint density at radius 2 is 1.96 bits per heavy atom. The van der Waals surface area contributed by atoms with E-state index in [4.69, 9.17) is 0 Å². The summed E-state index contributed by atoms with van der Waals surface area (Å²) in [5.41, 5.74) is 1.75. The van der Waals surface area contributed by atoms with Crippen LogP contribution in [0.5, 0.6) is 0 Å². The van der Waals surface area contributed by atoms with Crippen LogP contribution in [0.4, 0.5) is 0 Å². The van der Waals surface area contributed by atoms with Gasteiger partial charge in [-0.3, -0.25) is 19.4 Å². The van der Waals surface area contributed by atoms with Crippen LogP contribution in [0.25, 0.3) is 0 Å². The number of carboxylic acids is 1. The average molecular weight is 371 g/mol.